The number of amides is 5. The molecule has 1 aromatic carbocycles. The van der Waals surface area contributed by atoms with E-state index in [0.29, 0.717) is 37.0 Å². The summed E-state index contributed by atoms with van der Waals surface area (Å²) in [7, 11) is -2.03. The first-order chi connectivity index (χ1) is 29.4. The number of carbonyl (C=O) groups excluding carboxylic acids is 6. The molecule has 0 spiro atoms. The van der Waals surface area contributed by atoms with E-state index in [4.69, 9.17) is 13.9 Å². The van der Waals surface area contributed by atoms with Crippen LogP contribution in [0.1, 0.15) is 145 Å². The maximum absolute atomic E-state index is 13.3. The Kier molecular flexibility index (Phi) is 15.6. The number of imide groups is 2. The predicted octanol–water partition coefficient (Wildman–Crippen LogP) is 8.61. The third-order valence-corrected chi connectivity index (χ3v) is 18.6. The third kappa shape index (κ3) is 11.4. The first-order valence-corrected chi connectivity index (χ1v) is 26.1. The standard InChI is InChI=1S/C48H70N4O9Si/c1-30-26-32-19-18-31(2)35(21-20-33-28-34(29-41(54)59-33)61-62(6,7)48(3,4)5)42(32)39(27-30)60-47(58)50-25-14-12-10-8-9-11-13-24-49-37-17-15-16-36-43(37)46(57)52(45(36)56)38-22-23-40(53)51-44(38)55/h15-19,26,30-31,33-35,38-39,42,49H,8-14,20-25,27-29H2,1-7H3,(H,50,58)(H,51,53,55)/t30-,31-,33+,34+,35-,38?,39-,42-/m0/s1. The van der Waals surface area contributed by atoms with E-state index in [2.05, 4.69) is 81.9 Å². The van der Waals surface area contributed by atoms with Crippen molar-refractivity contribution in [1.29, 1.82) is 0 Å². The van der Waals surface area contributed by atoms with Crippen molar-refractivity contribution in [2.75, 3.05) is 18.4 Å². The van der Waals surface area contributed by atoms with Crippen LogP contribution < -0.4 is 16.0 Å². The van der Waals surface area contributed by atoms with Gasteiger partial charge in [-0.1, -0.05) is 91.0 Å². The molecule has 340 valence electrons. The van der Waals surface area contributed by atoms with Gasteiger partial charge in [0.05, 0.1) is 23.7 Å². The molecule has 5 aliphatic rings. The molecule has 2 saturated heterocycles. The lowest BCUT2D eigenvalue weighted by Crippen LogP contribution is -2.54. The number of nitrogens with zero attached hydrogens (tertiary/aromatic N) is 1. The van der Waals surface area contributed by atoms with E-state index in [0.717, 1.165) is 75.5 Å². The molecule has 1 unspecified atom stereocenters. The summed E-state index contributed by atoms with van der Waals surface area (Å²) >= 11 is 0. The lowest BCUT2D eigenvalue weighted by Gasteiger charge is -2.44. The van der Waals surface area contributed by atoms with Gasteiger partial charge in [0, 0.05) is 37.5 Å². The van der Waals surface area contributed by atoms with Crippen molar-refractivity contribution in [1.82, 2.24) is 15.5 Å². The smallest absolute Gasteiger partial charge is 0.407 e. The first kappa shape index (κ1) is 47.2. The van der Waals surface area contributed by atoms with Gasteiger partial charge >= 0.3 is 12.1 Å². The largest absolute Gasteiger partial charge is 0.462 e. The number of carbonyl (C=O) groups is 6. The normalized spacial score (nSPS) is 27.6. The zero-order valence-electron chi connectivity index (χ0n) is 38.0. The zero-order valence-corrected chi connectivity index (χ0v) is 39.0. The number of cyclic esters (lactones) is 1. The topological polar surface area (TPSA) is 169 Å². The Balaban J connectivity index is 0.877. The van der Waals surface area contributed by atoms with Crippen LogP contribution in [0.2, 0.25) is 18.1 Å². The first-order valence-electron chi connectivity index (χ1n) is 23.2. The van der Waals surface area contributed by atoms with Crippen molar-refractivity contribution in [2.45, 2.75) is 167 Å². The molecule has 13 nitrogen and oxygen atoms in total. The Morgan fingerprint density at radius 1 is 0.935 bits per heavy atom. The molecular formula is C48H70N4O9Si. The lowest BCUT2D eigenvalue weighted by atomic mass is 9.65. The van der Waals surface area contributed by atoms with Crippen molar-refractivity contribution >= 4 is 49.7 Å². The predicted molar refractivity (Wildman–Crippen MR) is 240 cm³/mol. The highest BCUT2D eigenvalue weighted by molar-refractivity contribution is 6.74. The Morgan fingerprint density at radius 3 is 2.35 bits per heavy atom. The summed E-state index contributed by atoms with van der Waals surface area (Å²) in [5.74, 6) is -1.25. The van der Waals surface area contributed by atoms with Crippen molar-refractivity contribution in [3.63, 3.8) is 0 Å². The fourth-order valence-electron chi connectivity index (χ4n) is 9.69. The average molecular weight is 875 g/mol. The van der Waals surface area contributed by atoms with Crippen LogP contribution in [0, 0.1) is 23.7 Å². The van der Waals surface area contributed by atoms with E-state index in [1.807, 2.05) is 0 Å². The quantitative estimate of drug-likeness (QED) is 0.0562. The number of allylic oxidation sites excluding steroid dienone is 3. The van der Waals surface area contributed by atoms with Crippen LogP contribution in [0.25, 0.3) is 0 Å². The van der Waals surface area contributed by atoms with Crippen LogP contribution in [0.4, 0.5) is 10.5 Å². The number of piperidine rings is 1. The molecule has 3 heterocycles. The number of benzene rings is 1. The van der Waals surface area contributed by atoms with Crippen LogP contribution >= 0.6 is 0 Å². The van der Waals surface area contributed by atoms with Crippen molar-refractivity contribution in [3.05, 3.63) is 53.1 Å². The van der Waals surface area contributed by atoms with E-state index < -0.39 is 38.0 Å². The summed E-state index contributed by atoms with van der Waals surface area (Å²) in [6.45, 7) is 16.7. The Bertz CT molecular complexity index is 1910. The molecule has 6 rings (SSSR count). The molecule has 3 aliphatic heterocycles. The second-order valence-corrected chi connectivity index (χ2v) is 24.6. The summed E-state index contributed by atoms with van der Waals surface area (Å²) < 4.78 is 18.8. The van der Waals surface area contributed by atoms with E-state index in [1.54, 1.807) is 18.2 Å². The monoisotopic (exact) mass is 874 g/mol. The molecule has 62 heavy (non-hydrogen) atoms. The van der Waals surface area contributed by atoms with Gasteiger partial charge in [0.2, 0.25) is 11.8 Å². The van der Waals surface area contributed by atoms with Gasteiger partial charge in [0.1, 0.15) is 18.2 Å². The molecule has 0 saturated carbocycles. The number of unbranched alkanes of at least 4 members (excludes halogenated alkanes) is 6. The van der Waals surface area contributed by atoms with Gasteiger partial charge in [-0.05, 0) is 92.1 Å². The molecule has 1 aromatic rings. The van der Waals surface area contributed by atoms with Gasteiger partial charge in [-0.2, -0.15) is 0 Å². The number of ether oxygens (including phenoxy) is 2. The molecule has 0 radical (unpaired) electrons. The van der Waals surface area contributed by atoms with Crippen LogP contribution in [-0.4, -0.2) is 86.4 Å². The number of fused-ring (bicyclic) bond motifs is 2. The number of alkyl carbamates (subject to hydrolysis) is 1. The van der Waals surface area contributed by atoms with Gasteiger partial charge in [0.15, 0.2) is 8.32 Å². The molecule has 0 bridgehead atoms. The number of nitrogens with one attached hydrogen (secondary N) is 3. The van der Waals surface area contributed by atoms with Crippen LogP contribution in [0.3, 0.4) is 0 Å². The molecule has 0 aromatic heterocycles. The van der Waals surface area contributed by atoms with Crippen LogP contribution in [0.5, 0.6) is 0 Å². The van der Waals surface area contributed by atoms with E-state index in [-0.39, 0.29) is 71.2 Å². The molecular weight excluding hydrogens is 805 g/mol. The Morgan fingerprint density at radius 2 is 1.65 bits per heavy atom. The molecule has 2 aliphatic carbocycles. The maximum atomic E-state index is 13.3. The molecule has 3 N–H and O–H groups in total. The maximum Gasteiger partial charge on any atom is 0.407 e. The summed E-state index contributed by atoms with van der Waals surface area (Å²) in [6.07, 6.45) is 16.6. The van der Waals surface area contributed by atoms with E-state index in [1.165, 1.54) is 5.57 Å². The van der Waals surface area contributed by atoms with Crippen molar-refractivity contribution < 1.29 is 42.7 Å². The second-order valence-electron chi connectivity index (χ2n) is 19.9. The van der Waals surface area contributed by atoms with Crippen LogP contribution in [-0.2, 0) is 28.3 Å². The number of rotatable bonds is 18. The van der Waals surface area contributed by atoms with Gasteiger partial charge in [0.25, 0.3) is 11.8 Å². The summed E-state index contributed by atoms with van der Waals surface area (Å²) in [5.41, 5.74) is 2.37. The van der Waals surface area contributed by atoms with Gasteiger partial charge < -0.3 is 24.5 Å². The summed E-state index contributed by atoms with van der Waals surface area (Å²) in [4.78, 5) is 77.4. The fourth-order valence-corrected chi connectivity index (χ4v) is 11.1. The minimum absolute atomic E-state index is 0.0648. The Labute approximate surface area is 369 Å². The highest BCUT2D eigenvalue weighted by Crippen LogP contribution is 2.46. The molecule has 14 heteroatoms. The third-order valence-electron chi connectivity index (χ3n) is 14.1. The highest BCUT2D eigenvalue weighted by Gasteiger charge is 2.47. The highest BCUT2D eigenvalue weighted by atomic mass is 28.4. The van der Waals surface area contributed by atoms with Gasteiger partial charge in [-0.15, -0.1) is 0 Å². The van der Waals surface area contributed by atoms with Gasteiger partial charge in [-0.25, -0.2) is 4.79 Å². The fraction of sp³-hybridized carbons (Fsp3) is 0.667. The van der Waals surface area contributed by atoms with E-state index >= 15 is 0 Å². The summed E-state index contributed by atoms with van der Waals surface area (Å²) in [5, 5.41) is 8.63. The number of hydrogen-bond acceptors (Lipinski definition) is 10. The Hall–Kier alpha value is -4.30. The zero-order chi connectivity index (χ0) is 44.8. The second kappa shape index (κ2) is 20.5. The number of anilines is 1. The van der Waals surface area contributed by atoms with Crippen LogP contribution in [0.15, 0.2) is 42.0 Å². The minimum Gasteiger partial charge on any atom is -0.462 e. The van der Waals surface area contributed by atoms with Crippen molar-refractivity contribution in [2.24, 2.45) is 23.7 Å². The molecule has 5 amide bonds. The van der Waals surface area contributed by atoms with Gasteiger partial charge in [-0.3, -0.25) is 34.2 Å². The summed E-state index contributed by atoms with van der Waals surface area (Å²) in [6, 6.07) is 4.11. The number of esters is 1. The molecule has 8 atom stereocenters. The van der Waals surface area contributed by atoms with E-state index in [9.17, 15) is 28.8 Å². The lowest BCUT2D eigenvalue weighted by molar-refractivity contribution is -0.160. The van der Waals surface area contributed by atoms with Crippen molar-refractivity contribution in [3.8, 4) is 0 Å². The average Bonchev–Trinajstić information content (AvgIpc) is 3.44. The SMILES string of the molecule is C[C@H]1C=C2C=C[C@H](C)[C@H](CC[C@@H]3C[C@@H](O[Si](C)(C)C(C)(C)C)CC(=O)O3)[C@H]2[C@@H](OC(=O)NCCCCCCCCCNc2cccc3c2C(=O)N(C2CCC(=O)NC2=O)C3=O)C1. The minimum atomic E-state index is -2.03. The number of hydrogen-bond donors (Lipinski definition) is 3. The molecule has 2 fully saturated rings.